The molecule has 0 unspecified atom stereocenters. The molecule has 1 saturated carbocycles. The van der Waals surface area contributed by atoms with Crippen LogP contribution >= 0.6 is 0 Å². The van der Waals surface area contributed by atoms with Gasteiger partial charge >= 0.3 is 12.1 Å². The van der Waals surface area contributed by atoms with Crippen LogP contribution in [0.5, 0.6) is 0 Å². The summed E-state index contributed by atoms with van der Waals surface area (Å²) in [6, 6.07) is 0.676. The van der Waals surface area contributed by atoms with Gasteiger partial charge in [0.2, 0.25) is 0 Å². The Labute approximate surface area is 206 Å². The summed E-state index contributed by atoms with van der Waals surface area (Å²) in [6.07, 6.45) is 2.86. The number of imide groups is 1. The highest BCUT2D eigenvalue weighted by molar-refractivity contribution is 7.86. The molecule has 0 atom stereocenters. The van der Waals surface area contributed by atoms with Crippen LogP contribution in [0, 0.1) is 5.92 Å². The number of amides is 4. The van der Waals surface area contributed by atoms with E-state index in [-0.39, 0.29) is 42.1 Å². The van der Waals surface area contributed by atoms with Crippen LogP contribution in [0.4, 0.5) is 9.59 Å². The smallest absolute Gasteiger partial charge is 0.407 e. The van der Waals surface area contributed by atoms with Crippen LogP contribution in [0.2, 0.25) is 25.7 Å². The number of alkyl carbamates (subject to hydrolysis) is 1. The number of rotatable bonds is 8. The molecule has 0 radical (unpaired) electrons. The minimum atomic E-state index is -1.27. The minimum absolute atomic E-state index is 0.0421. The Bertz CT molecular complexity index is 809. The first-order chi connectivity index (χ1) is 15.7. The van der Waals surface area contributed by atoms with Crippen molar-refractivity contribution in [2.45, 2.75) is 89.3 Å². The van der Waals surface area contributed by atoms with Crippen LogP contribution in [0.1, 0.15) is 46.5 Å². The van der Waals surface area contributed by atoms with Crippen molar-refractivity contribution in [1.82, 2.24) is 15.1 Å². The van der Waals surface area contributed by atoms with E-state index in [1.165, 1.54) is 4.90 Å². The van der Waals surface area contributed by atoms with Crippen LogP contribution in [0.15, 0.2) is 0 Å². The Balaban J connectivity index is 1.55. The monoisotopic (exact) mass is 515 g/mol. The van der Waals surface area contributed by atoms with E-state index in [4.69, 9.17) is 9.47 Å². The van der Waals surface area contributed by atoms with Crippen molar-refractivity contribution in [2.24, 2.45) is 5.92 Å². The maximum Gasteiger partial charge on any atom is 0.407 e. The fraction of sp³-hybridized carbons (Fsp3) is 0.870. The maximum atomic E-state index is 13.2. The zero-order valence-electron chi connectivity index (χ0n) is 21.5. The van der Waals surface area contributed by atoms with E-state index in [1.54, 1.807) is 4.90 Å². The molecule has 9 nitrogen and oxygen atoms in total. The molecule has 0 bridgehead atoms. The number of ether oxygens (including phenoxy) is 2. The quantitative estimate of drug-likeness (QED) is 0.302. The number of hydrogen-bond donors (Lipinski definition) is 1. The fourth-order valence-electron chi connectivity index (χ4n) is 4.67. The highest BCUT2D eigenvalue weighted by Crippen LogP contribution is 2.38. The van der Waals surface area contributed by atoms with Gasteiger partial charge in [0.05, 0.1) is 11.5 Å². The Morgan fingerprint density at radius 1 is 1.15 bits per heavy atom. The predicted octanol–water partition coefficient (Wildman–Crippen LogP) is 3.15. The number of nitrogens with one attached hydrogen (secondary N) is 1. The summed E-state index contributed by atoms with van der Waals surface area (Å²) < 4.78 is 23.1. The molecule has 0 aromatic carbocycles. The Hall–Kier alpha value is -1.46. The summed E-state index contributed by atoms with van der Waals surface area (Å²) >= 11 is 0. The summed E-state index contributed by atoms with van der Waals surface area (Å²) in [5, 5.41) is 2.94. The van der Waals surface area contributed by atoms with Gasteiger partial charge < -0.3 is 19.7 Å². The van der Waals surface area contributed by atoms with Crippen LogP contribution in [0.25, 0.3) is 0 Å². The molecule has 1 aliphatic carbocycles. The summed E-state index contributed by atoms with van der Waals surface area (Å²) in [5.41, 5.74) is -1.51. The van der Waals surface area contributed by atoms with Gasteiger partial charge in [-0.05, 0) is 58.4 Å². The van der Waals surface area contributed by atoms with Crippen molar-refractivity contribution < 1.29 is 28.1 Å². The van der Waals surface area contributed by atoms with Crippen LogP contribution in [-0.2, 0) is 25.1 Å². The van der Waals surface area contributed by atoms with E-state index in [1.807, 2.05) is 20.8 Å². The molecule has 3 fully saturated rings. The van der Waals surface area contributed by atoms with Crippen LogP contribution < -0.4 is 5.32 Å². The molecule has 1 N–H and O–H groups in total. The predicted molar refractivity (Wildman–Crippen MR) is 134 cm³/mol. The summed E-state index contributed by atoms with van der Waals surface area (Å²) in [6.45, 7) is 13.2. The van der Waals surface area contributed by atoms with Gasteiger partial charge in [-0.25, -0.2) is 14.5 Å². The van der Waals surface area contributed by atoms with E-state index >= 15 is 0 Å². The lowest BCUT2D eigenvalue weighted by Gasteiger charge is -2.43. The normalized spacial score (nSPS) is 30.0. The lowest BCUT2D eigenvalue weighted by molar-refractivity contribution is -0.135. The number of carbonyl (C=O) groups excluding carboxylic acids is 3. The van der Waals surface area contributed by atoms with E-state index in [2.05, 4.69) is 25.0 Å². The number of hydrogen-bond acceptors (Lipinski definition) is 6. The second-order valence-electron chi connectivity index (χ2n) is 12.1. The van der Waals surface area contributed by atoms with Gasteiger partial charge in [-0.3, -0.25) is 9.00 Å². The van der Waals surface area contributed by atoms with E-state index < -0.39 is 36.1 Å². The third kappa shape index (κ3) is 6.60. The summed E-state index contributed by atoms with van der Waals surface area (Å²) in [7, 11) is -2.35. The SMILES string of the molecule is CC(C)(C)OC(=O)NC1CCC(CN2C(=O)N(COCC[Si](C)(C)C)C(=O)C23CS(=O)C3)CC1. The molecule has 3 aliphatic rings. The molecule has 34 heavy (non-hydrogen) atoms. The first kappa shape index (κ1) is 27.1. The first-order valence-electron chi connectivity index (χ1n) is 12.3. The summed E-state index contributed by atoms with van der Waals surface area (Å²) in [5.74, 6) is 0.370. The average molecular weight is 516 g/mol. The van der Waals surface area contributed by atoms with Crippen molar-refractivity contribution in [3.05, 3.63) is 0 Å². The van der Waals surface area contributed by atoms with Crippen molar-refractivity contribution in [1.29, 1.82) is 0 Å². The Morgan fingerprint density at radius 2 is 1.76 bits per heavy atom. The topological polar surface area (TPSA) is 105 Å². The maximum absolute atomic E-state index is 13.2. The molecular formula is C23H41N3O6SSi. The minimum Gasteiger partial charge on any atom is -0.444 e. The third-order valence-electron chi connectivity index (χ3n) is 6.65. The molecular weight excluding hydrogens is 474 g/mol. The van der Waals surface area contributed by atoms with Gasteiger partial charge in [-0.2, -0.15) is 0 Å². The van der Waals surface area contributed by atoms with Crippen LogP contribution in [0.3, 0.4) is 0 Å². The van der Waals surface area contributed by atoms with Gasteiger partial charge in [0.1, 0.15) is 17.9 Å². The van der Waals surface area contributed by atoms with E-state index in [9.17, 15) is 18.6 Å². The third-order valence-corrected chi connectivity index (χ3v) is 9.95. The molecule has 4 amide bonds. The largest absolute Gasteiger partial charge is 0.444 e. The van der Waals surface area contributed by atoms with E-state index in [0.29, 0.717) is 13.2 Å². The Kier molecular flexibility index (Phi) is 8.19. The van der Waals surface area contributed by atoms with Gasteiger partial charge in [0, 0.05) is 38.1 Å². The molecule has 1 spiro atoms. The second kappa shape index (κ2) is 10.3. The molecule has 11 heteroatoms. The van der Waals surface area contributed by atoms with Crippen molar-refractivity contribution in [2.75, 3.05) is 31.4 Å². The molecule has 3 rings (SSSR count). The zero-order chi connectivity index (χ0) is 25.3. The molecule has 0 aromatic heterocycles. The van der Waals surface area contributed by atoms with Crippen molar-refractivity contribution >= 4 is 36.9 Å². The molecule has 194 valence electrons. The van der Waals surface area contributed by atoms with Crippen molar-refractivity contribution in [3.8, 4) is 0 Å². The van der Waals surface area contributed by atoms with E-state index in [0.717, 1.165) is 31.7 Å². The Morgan fingerprint density at radius 3 is 2.29 bits per heavy atom. The average Bonchev–Trinajstić information content (AvgIpc) is 2.86. The van der Waals surface area contributed by atoms with Gasteiger partial charge in [0.25, 0.3) is 5.91 Å². The van der Waals surface area contributed by atoms with Crippen LogP contribution in [-0.4, -0.2) is 88.7 Å². The number of urea groups is 1. The fourth-order valence-corrected chi connectivity index (χ4v) is 6.97. The van der Waals surface area contributed by atoms with Gasteiger partial charge in [0.15, 0.2) is 0 Å². The highest BCUT2D eigenvalue weighted by Gasteiger charge is 2.63. The molecule has 0 aromatic rings. The molecule has 2 saturated heterocycles. The molecule has 2 aliphatic heterocycles. The van der Waals surface area contributed by atoms with Gasteiger partial charge in [-0.1, -0.05) is 19.6 Å². The lowest BCUT2D eigenvalue weighted by Crippen LogP contribution is -2.65. The second-order valence-corrected chi connectivity index (χ2v) is 19.2. The van der Waals surface area contributed by atoms with Gasteiger partial charge in [-0.15, -0.1) is 0 Å². The number of nitrogens with zero attached hydrogens (tertiary/aromatic N) is 2. The lowest BCUT2D eigenvalue weighted by atomic mass is 9.85. The zero-order valence-corrected chi connectivity index (χ0v) is 23.3. The number of carbonyl (C=O) groups is 3. The first-order valence-corrected chi connectivity index (χ1v) is 17.5. The summed E-state index contributed by atoms with van der Waals surface area (Å²) in [4.78, 5) is 41.3. The highest BCUT2D eigenvalue weighted by atomic mass is 32.2. The molecule has 2 heterocycles. The van der Waals surface area contributed by atoms with Crippen molar-refractivity contribution in [3.63, 3.8) is 0 Å². The standard InChI is InChI=1S/C23H41N3O6SSi/c1-22(2,3)32-20(28)24-18-9-7-17(8-10-18)13-26-21(29)25(16-31-11-12-34(4,5)6)19(27)23(26)14-33(30)15-23/h17-18H,7-16H2,1-6H3,(H,24,28).